The fourth-order valence-corrected chi connectivity index (χ4v) is 0.567. The zero-order chi connectivity index (χ0) is 10.2. The van der Waals surface area contributed by atoms with Crippen molar-refractivity contribution in [3.63, 3.8) is 0 Å². The van der Waals surface area contributed by atoms with Crippen LogP contribution in [0.5, 0.6) is 0 Å². The molecule has 9 heteroatoms. The first-order chi connectivity index (χ1) is 5.07. The second-order valence-electron chi connectivity index (χ2n) is 1.56. The van der Waals surface area contributed by atoms with Gasteiger partial charge in [-0.2, -0.15) is 30.4 Å². The van der Waals surface area contributed by atoms with Gasteiger partial charge in [0.2, 0.25) is 0 Å². The molecule has 0 bridgehead atoms. The SMILES string of the molecule is O=S(=O)(O)C(F)=C(F)C(F)(F)F. The molecule has 0 aromatic rings. The van der Waals surface area contributed by atoms with Gasteiger partial charge in [-0.1, -0.05) is 0 Å². The molecule has 0 radical (unpaired) electrons. The quantitative estimate of drug-likeness (QED) is 0.529. The van der Waals surface area contributed by atoms with E-state index in [9.17, 15) is 30.4 Å². The Hall–Kier alpha value is -0.700. The summed E-state index contributed by atoms with van der Waals surface area (Å²) in [6.45, 7) is 0. The molecule has 0 heterocycles. The molecule has 0 aliphatic carbocycles. The molecule has 0 fully saturated rings. The third-order valence-corrected chi connectivity index (χ3v) is 1.28. The van der Waals surface area contributed by atoms with Crippen LogP contribution < -0.4 is 0 Å². The van der Waals surface area contributed by atoms with E-state index in [1.165, 1.54) is 0 Å². The van der Waals surface area contributed by atoms with Gasteiger partial charge in [-0.15, -0.1) is 0 Å². The van der Waals surface area contributed by atoms with Crippen molar-refractivity contribution >= 4 is 10.1 Å². The number of hydrogen-bond donors (Lipinski definition) is 1. The van der Waals surface area contributed by atoms with E-state index in [-0.39, 0.29) is 0 Å². The highest BCUT2D eigenvalue weighted by Gasteiger charge is 2.41. The van der Waals surface area contributed by atoms with Gasteiger partial charge in [0, 0.05) is 0 Å². The van der Waals surface area contributed by atoms with Crippen LogP contribution in [0.25, 0.3) is 0 Å². The number of alkyl halides is 3. The van der Waals surface area contributed by atoms with Crippen molar-refractivity contribution in [2.75, 3.05) is 0 Å². The van der Waals surface area contributed by atoms with Gasteiger partial charge in [-0.25, -0.2) is 0 Å². The molecular weight excluding hydrogens is 211 g/mol. The number of rotatable bonds is 1. The first-order valence-corrected chi connectivity index (χ1v) is 3.61. The van der Waals surface area contributed by atoms with Crippen molar-refractivity contribution in [1.29, 1.82) is 0 Å². The first kappa shape index (κ1) is 11.3. The van der Waals surface area contributed by atoms with E-state index in [4.69, 9.17) is 4.55 Å². The standard InChI is InChI=1S/C3HF5O3S/c4-1(3(6,7)8)2(5)12(9,10)11/h(H,9,10,11). The topological polar surface area (TPSA) is 54.4 Å². The van der Waals surface area contributed by atoms with Crippen molar-refractivity contribution in [2.24, 2.45) is 0 Å². The summed E-state index contributed by atoms with van der Waals surface area (Å²) in [5.41, 5.74) is 0. The van der Waals surface area contributed by atoms with Gasteiger partial charge in [0.25, 0.3) is 11.0 Å². The predicted molar refractivity (Wildman–Crippen MR) is 26.8 cm³/mol. The Morgan fingerprint density at radius 1 is 1.17 bits per heavy atom. The number of halogens is 5. The van der Waals surface area contributed by atoms with Crippen LogP contribution in [0.3, 0.4) is 0 Å². The Labute approximate surface area is 63.2 Å². The third-order valence-electron chi connectivity index (χ3n) is 0.648. The molecule has 0 saturated heterocycles. The molecule has 1 N–H and O–H groups in total. The lowest BCUT2D eigenvalue weighted by Gasteiger charge is -2.02. The Bertz CT molecular complexity index is 298. The van der Waals surface area contributed by atoms with Crippen LogP contribution in [0.15, 0.2) is 11.0 Å². The molecule has 0 unspecified atom stereocenters. The number of allylic oxidation sites excluding steroid dienone is 1. The summed E-state index contributed by atoms with van der Waals surface area (Å²) in [7, 11) is -5.77. The molecular formula is C3HF5O3S. The van der Waals surface area contributed by atoms with E-state index in [2.05, 4.69) is 0 Å². The zero-order valence-electron chi connectivity index (χ0n) is 5.06. The monoisotopic (exact) mass is 212 g/mol. The van der Waals surface area contributed by atoms with Crippen LogP contribution in [0.4, 0.5) is 22.0 Å². The van der Waals surface area contributed by atoms with Gasteiger partial charge in [-0.3, -0.25) is 4.55 Å². The Balaban J connectivity index is 5.26. The fourth-order valence-electron chi connectivity index (χ4n) is 0.225. The van der Waals surface area contributed by atoms with Crippen LogP contribution >= 0.6 is 0 Å². The molecule has 0 aliphatic rings. The summed E-state index contributed by atoms with van der Waals surface area (Å²) in [5.74, 6) is -3.48. The van der Waals surface area contributed by atoms with E-state index >= 15 is 0 Å². The number of hydrogen-bond acceptors (Lipinski definition) is 2. The van der Waals surface area contributed by atoms with E-state index in [0.29, 0.717) is 0 Å². The highest BCUT2D eigenvalue weighted by molar-refractivity contribution is 7.89. The van der Waals surface area contributed by atoms with E-state index in [1.54, 1.807) is 0 Å². The Morgan fingerprint density at radius 2 is 1.50 bits per heavy atom. The Morgan fingerprint density at radius 3 is 1.58 bits per heavy atom. The van der Waals surface area contributed by atoms with E-state index < -0.39 is 27.3 Å². The molecule has 0 spiro atoms. The first-order valence-electron chi connectivity index (χ1n) is 2.16. The molecule has 0 saturated carbocycles. The highest BCUT2D eigenvalue weighted by Crippen LogP contribution is 2.31. The molecule has 12 heavy (non-hydrogen) atoms. The molecule has 0 atom stereocenters. The van der Waals surface area contributed by atoms with E-state index in [1.807, 2.05) is 0 Å². The fraction of sp³-hybridized carbons (Fsp3) is 0.333. The predicted octanol–water partition coefficient (Wildman–Crippen LogP) is 1.54. The average Bonchev–Trinajstić information content (AvgIpc) is 1.80. The lowest BCUT2D eigenvalue weighted by molar-refractivity contribution is -0.110. The maximum atomic E-state index is 11.7. The van der Waals surface area contributed by atoms with Gasteiger partial charge in [-0.05, 0) is 0 Å². The lowest BCUT2D eigenvalue weighted by atomic mass is 10.6. The van der Waals surface area contributed by atoms with Gasteiger partial charge >= 0.3 is 16.3 Å². The van der Waals surface area contributed by atoms with Gasteiger partial charge < -0.3 is 0 Å². The van der Waals surface area contributed by atoms with Crippen LogP contribution in [0.2, 0.25) is 0 Å². The minimum absolute atomic E-state index is 3.24. The van der Waals surface area contributed by atoms with Crippen LogP contribution in [-0.2, 0) is 10.1 Å². The minimum Gasteiger partial charge on any atom is -0.280 e. The summed E-state index contributed by atoms with van der Waals surface area (Å²) in [4.78, 5) is 0. The lowest BCUT2D eigenvalue weighted by Crippen LogP contribution is -2.13. The smallest absolute Gasteiger partial charge is 0.280 e. The highest BCUT2D eigenvalue weighted by atomic mass is 32.2. The summed E-state index contributed by atoms with van der Waals surface area (Å²) in [5, 5.41) is -3.24. The van der Waals surface area contributed by atoms with Crippen LogP contribution in [0, 0.1) is 0 Å². The van der Waals surface area contributed by atoms with Gasteiger partial charge in [0.05, 0.1) is 0 Å². The van der Waals surface area contributed by atoms with Gasteiger partial charge in [0.1, 0.15) is 0 Å². The van der Waals surface area contributed by atoms with Crippen LogP contribution in [0.1, 0.15) is 0 Å². The summed E-state index contributed by atoms with van der Waals surface area (Å²) in [6, 6.07) is 0. The van der Waals surface area contributed by atoms with Crippen molar-refractivity contribution in [3.05, 3.63) is 11.0 Å². The van der Waals surface area contributed by atoms with Crippen molar-refractivity contribution < 1.29 is 34.9 Å². The normalized spacial score (nSPS) is 15.8. The largest absolute Gasteiger partial charge is 0.446 e. The minimum atomic E-state index is -5.77. The summed E-state index contributed by atoms with van der Waals surface area (Å²) >= 11 is 0. The van der Waals surface area contributed by atoms with Crippen molar-refractivity contribution in [2.45, 2.75) is 6.18 Å². The maximum absolute atomic E-state index is 11.7. The Kier molecular flexibility index (Phi) is 2.80. The molecule has 3 nitrogen and oxygen atoms in total. The van der Waals surface area contributed by atoms with Crippen LogP contribution in [-0.4, -0.2) is 19.1 Å². The maximum Gasteiger partial charge on any atom is 0.446 e. The van der Waals surface area contributed by atoms with Crippen molar-refractivity contribution in [1.82, 2.24) is 0 Å². The molecule has 0 aromatic heterocycles. The van der Waals surface area contributed by atoms with E-state index in [0.717, 1.165) is 0 Å². The van der Waals surface area contributed by atoms with Gasteiger partial charge in [0.15, 0.2) is 0 Å². The third kappa shape index (κ3) is 2.74. The molecule has 0 rings (SSSR count). The summed E-state index contributed by atoms with van der Waals surface area (Å²) < 4.78 is 83.8. The molecule has 72 valence electrons. The second-order valence-corrected chi connectivity index (χ2v) is 2.87. The average molecular weight is 212 g/mol. The van der Waals surface area contributed by atoms with Crippen molar-refractivity contribution in [3.8, 4) is 0 Å². The zero-order valence-corrected chi connectivity index (χ0v) is 5.88. The molecule has 0 amide bonds. The second kappa shape index (κ2) is 2.98. The summed E-state index contributed by atoms with van der Waals surface area (Å²) in [6.07, 6.45) is -5.76. The molecule has 0 aromatic carbocycles. The molecule has 0 aliphatic heterocycles.